The van der Waals surface area contributed by atoms with Crippen LogP contribution in [-0.4, -0.2) is 38.2 Å². The zero-order chi connectivity index (χ0) is 20.9. The Bertz CT molecular complexity index is 746. The first-order valence-electron chi connectivity index (χ1n) is 10.1. The van der Waals surface area contributed by atoms with Gasteiger partial charge in [0, 0.05) is 25.4 Å². The van der Waals surface area contributed by atoms with E-state index >= 15 is 0 Å². The number of nitrogens with zero attached hydrogens (tertiary/aromatic N) is 1. The maximum atomic E-state index is 12.0. The topological polar surface area (TPSA) is 87.9 Å². The maximum absolute atomic E-state index is 12.0. The molecule has 0 unspecified atom stereocenters. The fourth-order valence-electron chi connectivity index (χ4n) is 2.47. The number of aliphatic imine (C=N–C) groups is 1. The van der Waals surface area contributed by atoms with Crippen molar-refractivity contribution in [2.75, 3.05) is 31.6 Å². The van der Waals surface area contributed by atoms with Gasteiger partial charge in [0.15, 0.2) is 11.7 Å². The number of ether oxygens (including phenoxy) is 1. The van der Waals surface area contributed by atoms with Crippen LogP contribution >= 0.6 is 24.0 Å². The summed E-state index contributed by atoms with van der Waals surface area (Å²) < 4.78 is 10.7. The van der Waals surface area contributed by atoms with Crippen molar-refractivity contribution in [2.45, 2.75) is 33.7 Å². The number of carbonyl (C=O) groups excluding carboxylic acids is 1. The van der Waals surface area contributed by atoms with Gasteiger partial charge >= 0.3 is 0 Å². The molecule has 2 aromatic rings. The fourth-order valence-corrected chi connectivity index (χ4v) is 2.47. The molecule has 1 amide bonds. The molecule has 8 heteroatoms. The summed E-state index contributed by atoms with van der Waals surface area (Å²) in [4.78, 5) is 16.6. The van der Waals surface area contributed by atoms with E-state index in [2.05, 4.69) is 34.8 Å². The van der Waals surface area contributed by atoms with Gasteiger partial charge in [-0.2, -0.15) is 0 Å². The number of hydrogen-bond donors (Lipinski definition) is 3. The molecule has 1 heterocycles. The Balaban J connectivity index is 0.00000450. The van der Waals surface area contributed by atoms with Gasteiger partial charge in [-0.05, 0) is 49.1 Å². The van der Waals surface area contributed by atoms with Crippen LogP contribution in [0.2, 0.25) is 0 Å². The molecule has 0 saturated carbocycles. The molecular formula is C22H33IN4O3. The summed E-state index contributed by atoms with van der Waals surface area (Å²) in [5, 5.41) is 9.31. The molecule has 1 aromatic carbocycles. The first-order chi connectivity index (χ1) is 14.1. The predicted molar refractivity (Wildman–Crippen MR) is 132 cm³/mol. The van der Waals surface area contributed by atoms with Crippen LogP contribution in [0.5, 0.6) is 0 Å². The largest absolute Gasteiger partial charge is 0.459 e. The van der Waals surface area contributed by atoms with E-state index in [0.29, 0.717) is 31.3 Å². The van der Waals surface area contributed by atoms with Crippen LogP contribution in [0.15, 0.2) is 52.1 Å². The van der Waals surface area contributed by atoms with Crippen molar-refractivity contribution in [3.05, 3.63) is 54.0 Å². The van der Waals surface area contributed by atoms with E-state index in [1.165, 1.54) is 6.26 Å². The van der Waals surface area contributed by atoms with Gasteiger partial charge < -0.3 is 25.1 Å². The summed E-state index contributed by atoms with van der Waals surface area (Å²) in [5.74, 6) is 1.44. The third-order valence-electron chi connectivity index (χ3n) is 4.10. The Kier molecular flexibility index (Phi) is 12.8. The minimum absolute atomic E-state index is 0. The lowest BCUT2D eigenvalue weighted by atomic mass is 10.1. The molecule has 0 saturated heterocycles. The predicted octanol–water partition coefficient (Wildman–Crippen LogP) is 4.27. The summed E-state index contributed by atoms with van der Waals surface area (Å²) in [7, 11) is 0. The lowest BCUT2D eigenvalue weighted by Gasteiger charge is -2.12. The van der Waals surface area contributed by atoms with Crippen LogP contribution in [0.1, 0.15) is 43.3 Å². The number of benzene rings is 1. The monoisotopic (exact) mass is 528 g/mol. The number of guanidine groups is 1. The van der Waals surface area contributed by atoms with Gasteiger partial charge in [0.2, 0.25) is 0 Å². The molecule has 0 aliphatic rings. The van der Waals surface area contributed by atoms with E-state index in [1.54, 1.807) is 12.1 Å². The molecule has 0 fully saturated rings. The highest BCUT2D eigenvalue weighted by molar-refractivity contribution is 14.0. The second-order valence-corrected chi connectivity index (χ2v) is 7.05. The zero-order valence-electron chi connectivity index (χ0n) is 17.9. The van der Waals surface area contributed by atoms with Crippen molar-refractivity contribution in [3.63, 3.8) is 0 Å². The molecule has 0 bridgehead atoms. The van der Waals surface area contributed by atoms with E-state index in [-0.39, 0.29) is 35.6 Å². The SMILES string of the molecule is CCNC(=NCc1ccc(NC(=O)c2ccco2)cc1)NCCOCCC(C)C.I. The van der Waals surface area contributed by atoms with Gasteiger partial charge in [-0.15, -0.1) is 24.0 Å². The molecule has 30 heavy (non-hydrogen) atoms. The number of nitrogens with one attached hydrogen (secondary N) is 3. The third-order valence-corrected chi connectivity index (χ3v) is 4.10. The van der Waals surface area contributed by atoms with Crippen molar-refractivity contribution in [1.29, 1.82) is 0 Å². The smallest absolute Gasteiger partial charge is 0.291 e. The minimum Gasteiger partial charge on any atom is -0.459 e. The highest BCUT2D eigenvalue weighted by atomic mass is 127. The molecule has 2 rings (SSSR count). The summed E-state index contributed by atoms with van der Waals surface area (Å²) >= 11 is 0. The molecule has 166 valence electrons. The molecule has 3 N–H and O–H groups in total. The van der Waals surface area contributed by atoms with Crippen LogP contribution in [0.25, 0.3) is 0 Å². The van der Waals surface area contributed by atoms with Crippen molar-refractivity contribution in [1.82, 2.24) is 10.6 Å². The Morgan fingerprint density at radius 3 is 2.53 bits per heavy atom. The number of rotatable bonds is 11. The summed E-state index contributed by atoms with van der Waals surface area (Å²) in [6, 6.07) is 10.9. The number of hydrogen-bond acceptors (Lipinski definition) is 4. The van der Waals surface area contributed by atoms with Gasteiger partial charge in [0.1, 0.15) is 0 Å². The van der Waals surface area contributed by atoms with Crippen molar-refractivity contribution in [3.8, 4) is 0 Å². The van der Waals surface area contributed by atoms with E-state index < -0.39 is 0 Å². The van der Waals surface area contributed by atoms with Crippen molar-refractivity contribution >= 4 is 41.5 Å². The normalized spacial score (nSPS) is 11.1. The van der Waals surface area contributed by atoms with Crippen LogP contribution < -0.4 is 16.0 Å². The van der Waals surface area contributed by atoms with Gasteiger partial charge in [-0.1, -0.05) is 26.0 Å². The standard InChI is InChI=1S/C22H32N4O3.HI/c1-4-23-22(24-12-15-28-14-11-17(2)3)25-16-18-7-9-19(10-8-18)26-21(27)20-6-5-13-29-20;/h5-10,13,17H,4,11-12,14-16H2,1-3H3,(H,26,27)(H2,23,24,25);1H. The van der Waals surface area contributed by atoms with Crippen LogP contribution in [-0.2, 0) is 11.3 Å². The lowest BCUT2D eigenvalue weighted by molar-refractivity contribution is 0.0996. The van der Waals surface area contributed by atoms with Gasteiger partial charge in [0.05, 0.1) is 19.4 Å². The van der Waals surface area contributed by atoms with Crippen LogP contribution in [0.3, 0.4) is 0 Å². The highest BCUT2D eigenvalue weighted by Crippen LogP contribution is 2.12. The minimum atomic E-state index is -0.269. The Hall–Kier alpha value is -2.07. The summed E-state index contributed by atoms with van der Waals surface area (Å²) in [6.45, 7) is 9.90. The van der Waals surface area contributed by atoms with E-state index in [0.717, 1.165) is 31.1 Å². The number of furan rings is 1. The molecule has 0 atom stereocenters. The van der Waals surface area contributed by atoms with E-state index in [4.69, 9.17) is 9.15 Å². The van der Waals surface area contributed by atoms with Gasteiger partial charge in [0.25, 0.3) is 5.91 Å². The molecule has 0 aliphatic heterocycles. The average molecular weight is 528 g/mol. The van der Waals surface area contributed by atoms with Crippen LogP contribution in [0.4, 0.5) is 5.69 Å². The lowest BCUT2D eigenvalue weighted by Crippen LogP contribution is -2.39. The first-order valence-corrected chi connectivity index (χ1v) is 10.1. The average Bonchev–Trinajstić information content (AvgIpc) is 3.24. The Morgan fingerprint density at radius 2 is 1.90 bits per heavy atom. The molecule has 0 radical (unpaired) electrons. The number of amides is 1. The number of halogens is 1. The number of carbonyl (C=O) groups is 1. The Morgan fingerprint density at radius 1 is 1.13 bits per heavy atom. The molecule has 0 spiro atoms. The molecule has 0 aliphatic carbocycles. The van der Waals surface area contributed by atoms with Crippen molar-refractivity contribution < 1.29 is 13.9 Å². The second kappa shape index (κ2) is 14.8. The van der Waals surface area contributed by atoms with E-state index in [9.17, 15) is 4.79 Å². The zero-order valence-corrected chi connectivity index (χ0v) is 20.3. The highest BCUT2D eigenvalue weighted by Gasteiger charge is 2.08. The molecule has 7 nitrogen and oxygen atoms in total. The fraction of sp³-hybridized carbons (Fsp3) is 0.455. The van der Waals surface area contributed by atoms with Gasteiger partial charge in [-0.3, -0.25) is 4.79 Å². The second-order valence-electron chi connectivity index (χ2n) is 7.05. The van der Waals surface area contributed by atoms with E-state index in [1.807, 2.05) is 31.2 Å². The van der Waals surface area contributed by atoms with Gasteiger partial charge in [-0.25, -0.2) is 4.99 Å². The number of anilines is 1. The van der Waals surface area contributed by atoms with Crippen molar-refractivity contribution in [2.24, 2.45) is 10.9 Å². The van der Waals surface area contributed by atoms with Crippen LogP contribution in [0, 0.1) is 5.92 Å². The summed E-state index contributed by atoms with van der Waals surface area (Å²) in [6.07, 6.45) is 2.55. The molecular weight excluding hydrogens is 495 g/mol. The maximum Gasteiger partial charge on any atom is 0.291 e. The molecule has 1 aromatic heterocycles. The quantitative estimate of drug-likeness (QED) is 0.176. The Labute approximate surface area is 196 Å². The third kappa shape index (κ3) is 10.1. The summed E-state index contributed by atoms with van der Waals surface area (Å²) in [5.41, 5.74) is 1.76. The first kappa shape index (κ1) is 26.0.